The van der Waals surface area contributed by atoms with Crippen LogP contribution >= 0.6 is 0 Å². The maximum atomic E-state index is 6.72. The third-order valence-corrected chi connectivity index (χ3v) is 10.5. The summed E-state index contributed by atoms with van der Waals surface area (Å²) < 4.78 is 13.3. The molecule has 0 aliphatic heterocycles. The zero-order valence-corrected chi connectivity index (χ0v) is 29.0. The number of para-hydroxylation sites is 2. The molecule has 252 valence electrons. The lowest BCUT2D eigenvalue weighted by Crippen LogP contribution is -1.95. The van der Waals surface area contributed by atoms with Crippen LogP contribution in [0.15, 0.2) is 191 Å². The largest absolute Gasteiger partial charge is 0.455 e. The highest BCUT2D eigenvalue weighted by molar-refractivity contribution is 6.23. The molecule has 0 atom stereocenters. The van der Waals surface area contributed by atoms with Gasteiger partial charge in [-0.05, 0) is 46.3 Å². The fraction of sp³-hybridized carbons (Fsp3) is 0. The highest BCUT2D eigenvalue weighted by atomic mass is 16.3. The molecule has 0 saturated heterocycles. The molecule has 11 aromatic rings. The summed E-state index contributed by atoms with van der Waals surface area (Å²) in [5.41, 5.74) is 12.7. The van der Waals surface area contributed by atoms with Gasteiger partial charge < -0.3 is 8.83 Å². The van der Waals surface area contributed by atoms with Crippen molar-refractivity contribution in [1.82, 2.24) is 9.97 Å². The maximum Gasteiger partial charge on any atom is 0.160 e. The van der Waals surface area contributed by atoms with E-state index in [2.05, 4.69) is 133 Å². The molecule has 3 aromatic heterocycles. The third-order valence-electron chi connectivity index (χ3n) is 10.5. The predicted octanol–water partition coefficient (Wildman–Crippen LogP) is 13.8. The normalized spacial score (nSPS) is 11.7. The SMILES string of the molecule is c1ccc(-c2cc(-c3ccc(-c4cccc5oc6c7ccccc7c(-c7cccc8c7oc7ccccc78)cc6c45)cc3)nc(-c3ccccc3)n2)cc1. The number of aromatic nitrogens is 2. The van der Waals surface area contributed by atoms with E-state index in [1.165, 1.54) is 0 Å². The van der Waals surface area contributed by atoms with E-state index >= 15 is 0 Å². The summed E-state index contributed by atoms with van der Waals surface area (Å²) in [6.07, 6.45) is 0. The molecule has 0 aliphatic rings. The van der Waals surface area contributed by atoms with Crippen LogP contribution in [0.3, 0.4) is 0 Å². The van der Waals surface area contributed by atoms with E-state index in [0.717, 1.165) is 105 Å². The highest BCUT2D eigenvalue weighted by Gasteiger charge is 2.20. The zero-order valence-electron chi connectivity index (χ0n) is 29.0. The van der Waals surface area contributed by atoms with E-state index in [0.29, 0.717) is 5.82 Å². The summed E-state index contributed by atoms with van der Waals surface area (Å²) in [5, 5.41) is 6.58. The van der Waals surface area contributed by atoms with Gasteiger partial charge in [0.05, 0.1) is 11.4 Å². The number of rotatable bonds is 5. The Morgan fingerprint density at radius 2 is 0.852 bits per heavy atom. The fourth-order valence-corrected chi connectivity index (χ4v) is 7.96. The molecule has 0 aliphatic carbocycles. The van der Waals surface area contributed by atoms with E-state index in [4.69, 9.17) is 18.8 Å². The smallest absolute Gasteiger partial charge is 0.160 e. The van der Waals surface area contributed by atoms with Crippen LogP contribution in [0.25, 0.3) is 111 Å². The minimum Gasteiger partial charge on any atom is -0.455 e. The van der Waals surface area contributed by atoms with Crippen molar-refractivity contribution in [3.05, 3.63) is 182 Å². The van der Waals surface area contributed by atoms with Gasteiger partial charge in [-0.15, -0.1) is 0 Å². The molecular formula is C50H30N2O2. The molecule has 0 unspecified atom stereocenters. The molecule has 0 saturated carbocycles. The quantitative estimate of drug-likeness (QED) is 0.180. The lowest BCUT2D eigenvalue weighted by Gasteiger charge is -2.11. The molecule has 4 heteroatoms. The van der Waals surface area contributed by atoms with Gasteiger partial charge in [0.15, 0.2) is 5.82 Å². The summed E-state index contributed by atoms with van der Waals surface area (Å²) in [6, 6.07) is 63.0. The summed E-state index contributed by atoms with van der Waals surface area (Å²) >= 11 is 0. The van der Waals surface area contributed by atoms with Crippen molar-refractivity contribution >= 4 is 54.6 Å². The summed E-state index contributed by atoms with van der Waals surface area (Å²) in [5.74, 6) is 0.701. The topological polar surface area (TPSA) is 52.1 Å². The van der Waals surface area contributed by atoms with E-state index < -0.39 is 0 Å². The lowest BCUT2D eigenvalue weighted by atomic mass is 9.92. The molecule has 54 heavy (non-hydrogen) atoms. The van der Waals surface area contributed by atoms with E-state index in [1.54, 1.807) is 0 Å². The second-order valence-electron chi connectivity index (χ2n) is 13.7. The Balaban J connectivity index is 1.08. The van der Waals surface area contributed by atoms with Crippen molar-refractivity contribution in [3.63, 3.8) is 0 Å². The van der Waals surface area contributed by atoms with Gasteiger partial charge in [-0.3, -0.25) is 0 Å². The molecular weight excluding hydrogens is 661 g/mol. The number of hydrogen-bond donors (Lipinski definition) is 0. The second-order valence-corrected chi connectivity index (χ2v) is 13.7. The first kappa shape index (κ1) is 30.3. The number of fused-ring (bicyclic) bond motifs is 8. The average Bonchev–Trinajstić information content (AvgIpc) is 3.83. The standard InChI is InChI=1S/C50H30N2O2/c1-3-13-32(14-4-1)43-30-44(52-50(51-43)34-15-5-2-6-16-34)33-27-25-31(26-28-33)35-20-12-24-46-47(35)42-29-41(36-17-7-8-19-38(36)49(42)54-46)40-22-11-21-39-37-18-9-10-23-45(37)53-48(39)40/h1-30H. The molecule has 8 aromatic carbocycles. The Kier molecular flexibility index (Phi) is 6.82. The van der Waals surface area contributed by atoms with Gasteiger partial charge in [0.25, 0.3) is 0 Å². The van der Waals surface area contributed by atoms with E-state index in [-0.39, 0.29) is 0 Å². The lowest BCUT2D eigenvalue weighted by molar-refractivity contribution is 0.670. The molecule has 3 heterocycles. The fourth-order valence-electron chi connectivity index (χ4n) is 7.96. The first-order valence-corrected chi connectivity index (χ1v) is 18.2. The number of benzene rings is 8. The Morgan fingerprint density at radius 1 is 0.315 bits per heavy atom. The van der Waals surface area contributed by atoms with Crippen molar-refractivity contribution in [2.45, 2.75) is 0 Å². The molecule has 11 rings (SSSR count). The Morgan fingerprint density at radius 3 is 1.63 bits per heavy atom. The van der Waals surface area contributed by atoms with Gasteiger partial charge in [0, 0.05) is 49.2 Å². The van der Waals surface area contributed by atoms with Crippen LogP contribution in [0, 0.1) is 0 Å². The van der Waals surface area contributed by atoms with Crippen molar-refractivity contribution in [3.8, 4) is 56.2 Å². The molecule has 0 N–H and O–H groups in total. The van der Waals surface area contributed by atoms with Gasteiger partial charge in [-0.1, -0.05) is 158 Å². The van der Waals surface area contributed by atoms with Crippen molar-refractivity contribution in [2.24, 2.45) is 0 Å². The maximum absolute atomic E-state index is 6.72. The van der Waals surface area contributed by atoms with E-state index in [9.17, 15) is 0 Å². The van der Waals surface area contributed by atoms with E-state index in [1.807, 2.05) is 48.5 Å². The van der Waals surface area contributed by atoms with Crippen molar-refractivity contribution < 1.29 is 8.83 Å². The van der Waals surface area contributed by atoms with Gasteiger partial charge in [-0.25, -0.2) is 9.97 Å². The predicted molar refractivity (Wildman–Crippen MR) is 221 cm³/mol. The second kappa shape index (κ2) is 12.1. The van der Waals surface area contributed by atoms with Gasteiger partial charge in [0.1, 0.15) is 22.3 Å². The molecule has 4 nitrogen and oxygen atoms in total. The Hall–Kier alpha value is -7.30. The van der Waals surface area contributed by atoms with Crippen LogP contribution in [-0.4, -0.2) is 9.97 Å². The summed E-state index contributed by atoms with van der Waals surface area (Å²) in [6.45, 7) is 0. The van der Waals surface area contributed by atoms with Crippen molar-refractivity contribution in [1.29, 1.82) is 0 Å². The molecule has 0 amide bonds. The molecule has 0 bridgehead atoms. The zero-order chi connectivity index (χ0) is 35.6. The monoisotopic (exact) mass is 690 g/mol. The van der Waals surface area contributed by atoms with Crippen LogP contribution < -0.4 is 0 Å². The van der Waals surface area contributed by atoms with Crippen LogP contribution in [-0.2, 0) is 0 Å². The molecule has 0 spiro atoms. The van der Waals surface area contributed by atoms with Crippen molar-refractivity contribution in [2.75, 3.05) is 0 Å². The number of furan rings is 2. The number of nitrogens with zero attached hydrogens (tertiary/aromatic N) is 2. The van der Waals surface area contributed by atoms with Crippen LogP contribution in [0.4, 0.5) is 0 Å². The summed E-state index contributed by atoms with van der Waals surface area (Å²) in [7, 11) is 0. The Labute approximate surface area is 310 Å². The van der Waals surface area contributed by atoms with Gasteiger partial charge in [-0.2, -0.15) is 0 Å². The average molecular weight is 691 g/mol. The number of hydrogen-bond acceptors (Lipinski definition) is 4. The van der Waals surface area contributed by atoms with Crippen LogP contribution in [0.1, 0.15) is 0 Å². The van der Waals surface area contributed by atoms with Crippen LogP contribution in [0.2, 0.25) is 0 Å². The Bertz CT molecular complexity index is 3140. The molecule has 0 radical (unpaired) electrons. The third kappa shape index (κ3) is 4.85. The highest BCUT2D eigenvalue weighted by Crippen LogP contribution is 2.45. The minimum atomic E-state index is 0.701. The van der Waals surface area contributed by atoms with Gasteiger partial charge in [0.2, 0.25) is 0 Å². The van der Waals surface area contributed by atoms with Gasteiger partial charge >= 0.3 is 0 Å². The molecule has 0 fully saturated rings. The minimum absolute atomic E-state index is 0.701. The first-order chi connectivity index (χ1) is 26.8. The summed E-state index contributed by atoms with van der Waals surface area (Å²) in [4.78, 5) is 10.0. The van der Waals surface area contributed by atoms with Crippen LogP contribution in [0.5, 0.6) is 0 Å². The first-order valence-electron chi connectivity index (χ1n) is 18.2.